The number of hydrogen-bond donors (Lipinski definition) is 1. The maximum absolute atomic E-state index is 9.22. The highest BCUT2D eigenvalue weighted by atomic mass is 16.5. The second-order valence-corrected chi connectivity index (χ2v) is 5.04. The van der Waals surface area contributed by atoms with Crippen LogP contribution in [0, 0.1) is 17.2 Å². The Labute approximate surface area is 111 Å². The van der Waals surface area contributed by atoms with Gasteiger partial charge in [-0.2, -0.15) is 5.26 Å². The molecule has 0 amide bonds. The first kappa shape index (κ1) is 11.9. The van der Waals surface area contributed by atoms with Crippen LogP contribution in [0.4, 0.5) is 0 Å². The summed E-state index contributed by atoms with van der Waals surface area (Å²) >= 11 is 0. The lowest BCUT2D eigenvalue weighted by Gasteiger charge is -2.21. The average Bonchev–Trinajstić information content (AvgIpc) is 3.30. The average molecular weight is 253 g/mol. The summed E-state index contributed by atoms with van der Waals surface area (Å²) in [4.78, 5) is 4.28. The lowest BCUT2D eigenvalue weighted by atomic mass is 9.98. The van der Waals surface area contributed by atoms with Crippen LogP contribution in [0.3, 0.4) is 0 Å². The van der Waals surface area contributed by atoms with Gasteiger partial charge in [0.25, 0.3) is 0 Å². The number of fused-ring (bicyclic) bond motifs is 1. The molecule has 1 aromatic carbocycles. The summed E-state index contributed by atoms with van der Waals surface area (Å²) in [5, 5.41) is 10.2. The van der Waals surface area contributed by atoms with Crippen molar-refractivity contribution in [2.45, 2.75) is 18.4 Å². The summed E-state index contributed by atoms with van der Waals surface area (Å²) in [6.45, 7) is 0.224. The smallest absolute Gasteiger partial charge is 0.141 e. The fourth-order valence-electron chi connectivity index (χ4n) is 2.24. The molecule has 1 heterocycles. The van der Waals surface area contributed by atoms with Crippen molar-refractivity contribution in [1.82, 2.24) is 4.98 Å². The zero-order valence-electron chi connectivity index (χ0n) is 10.5. The van der Waals surface area contributed by atoms with Gasteiger partial charge in [-0.15, -0.1) is 0 Å². The van der Waals surface area contributed by atoms with E-state index in [0.717, 1.165) is 29.5 Å². The minimum atomic E-state index is -0.871. The van der Waals surface area contributed by atoms with Gasteiger partial charge in [-0.05, 0) is 43.0 Å². The highest BCUT2D eigenvalue weighted by Gasteiger charge is 2.43. The molecule has 1 fully saturated rings. The quantitative estimate of drug-likeness (QED) is 0.907. The van der Waals surface area contributed by atoms with Gasteiger partial charge in [-0.1, -0.05) is 6.07 Å². The van der Waals surface area contributed by atoms with Crippen LogP contribution in [-0.4, -0.2) is 17.1 Å². The fourth-order valence-corrected chi connectivity index (χ4v) is 2.24. The van der Waals surface area contributed by atoms with Gasteiger partial charge in [0.1, 0.15) is 17.9 Å². The SMILES string of the molecule is N#CC(N)(COc1cccc2ncccc12)C1CC1. The van der Waals surface area contributed by atoms with Gasteiger partial charge in [0.15, 0.2) is 0 Å². The highest BCUT2D eigenvalue weighted by molar-refractivity contribution is 5.84. The van der Waals surface area contributed by atoms with Crippen LogP contribution >= 0.6 is 0 Å². The molecule has 19 heavy (non-hydrogen) atoms. The van der Waals surface area contributed by atoms with E-state index in [-0.39, 0.29) is 12.5 Å². The van der Waals surface area contributed by atoms with Crippen molar-refractivity contribution in [1.29, 1.82) is 5.26 Å². The Balaban J connectivity index is 1.84. The normalized spacial score (nSPS) is 17.7. The number of ether oxygens (including phenoxy) is 1. The maximum atomic E-state index is 9.22. The molecule has 0 aliphatic heterocycles. The molecule has 96 valence electrons. The van der Waals surface area contributed by atoms with Crippen molar-refractivity contribution in [3.8, 4) is 11.8 Å². The van der Waals surface area contributed by atoms with Gasteiger partial charge in [0, 0.05) is 11.6 Å². The fraction of sp³-hybridized carbons (Fsp3) is 0.333. The number of hydrogen-bond acceptors (Lipinski definition) is 4. The lowest BCUT2D eigenvalue weighted by Crippen LogP contribution is -2.46. The Morgan fingerprint density at radius 3 is 2.95 bits per heavy atom. The molecule has 1 aromatic heterocycles. The second-order valence-electron chi connectivity index (χ2n) is 5.04. The summed E-state index contributed by atoms with van der Waals surface area (Å²) < 4.78 is 5.79. The molecule has 1 atom stereocenters. The topological polar surface area (TPSA) is 71.9 Å². The first-order chi connectivity index (χ1) is 9.23. The number of pyridine rings is 1. The van der Waals surface area contributed by atoms with E-state index in [9.17, 15) is 5.26 Å². The Bertz CT molecular complexity index is 640. The van der Waals surface area contributed by atoms with Crippen LogP contribution in [0.5, 0.6) is 5.75 Å². The van der Waals surface area contributed by atoms with Gasteiger partial charge in [0.05, 0.1) is 11.6 Å². The van der Waals surface area contributed by atoms with Crippen LogP contribution in [0.2, 0.25) is 0 Å². The molecule has 0 radical (unpaired) electrons. The van der Waals surface area contributed by atoms with E-state index >= 15 is 0 Å². The van der Waals surface area contributed by atoms with Crippen molar-refractivity contribution in [3.63, 3.8) is 0 Å². The third-order valence-corrected chi connectivity index (χ3v) is 3.59. The van der Waals surface area contributed by atoms with Crippen LogP contribution in [0.1, 0.15) is 12.8 Å². The maximum Gasteiger partial charge on any atom is 0.141 e. The predicted molar refractivity (Wildman–Crippen MR) is 72.5 cm³/mol. The Kier molecular flexibility index (Phi) is 2.84. The minimum absolute atomic E-state index is 0.224. The molecule has 0 spiro atoms. The van der Waals surface area contributed by atoms with E-state index in [4.69, 9.17) is 10.5 Å². The Hall–Kier alpha value is -2.12. The number of nitrogens with two attached hydrogens (primary N) is 1. The van der Waals surface area contributed by atoms with Crippen LogP contribution in [-0.2, 0) is 0 Å². The first-order valence-electron chi connectivity index (χ1n) is 6.39. The molecular weight excluding hydrogens is 238 g/mol. The van der Waals surface area contributed by atoms with E-state index in [0.29, 0.717) is 0 Å². The van der Waals surface area contributed by atoms with E-state index in [1.807, 2.05) is 30.3 Å². The number of nitrogens with zero attached hydrogens (tertiary/aromatic N) is 2. The summed E-state index contributed by atoms with van der Waals surface area (Å²) in [5.74, 6) is 1.00. The Morgan fingerprint density at radius 1 is 1.37 bits per heavy atom. The zero-order chi connectivity index (χ0) is 13.3. The van der Waals surface area contributed by atoms with Crippen molar-refractivity contribution in [2.75, 3.05) is 6.61 Å². The monoisotopic (exact) mass is 253 g/mol. The van der Waals surface area contributed by atoms with Crippen molar-refractivity contribution < 1.29 is 4.74 Å². The molecule has 0 bridgehead atoms. The van der Waals surface area contributed by atoms with Gasteiger partial charge in [-0.25, -0.2) is 0 Å². The molecule has 4 heteroatoms. The Morgan fingerprint density at radius 2 is 2.21 bits per heavy atom. The number of benzene rings is 1. The molecule has 0 saturated heterocycles. The van der Waals surface area contributed by atoms with Crippen LogP contribution in [0.25, 0.3) is 10.9 Å². The number of nitriles is 1. The summed E-state index contributed by atoms with van der Waals surface area (Å²) in [7, 11) is 0. The van der Waals surface area contributed by atoms with Gasteiger partial charge in [-0.3, -0.25) is 4.98 Å². The van der Waals surface area contributed by atoms with Crippen molar-refractivity contribution in [3.05, 3.63) is 36.5 Å². The zero-order valence-corrected chi connectivity index (χ0v) is 10.5. The van der Waals surface area contributed by atoms with Crippen molar-refractivity contribution in [2.24, 2.45) is 11.7 Å². The van der Waals surface area contributed by atoms with Crippen molar-refractivity contribution >= 4 is 10.9 Å². The summed E-state index contributed by atoms with van der Waals surface area (Å²) in [5.41, 5.74) is 6.10. The van der Waals surface area contributed by atoms with E-state index in [2.05, 4.69) is 11.1 Å². The molecule has 1 aliphatic rings. The van der Waals surface area contributed by atoms with E-state index in [1.54, 1.807) is 6.20 Å². The number of rotatable bonds is 4. The van der Waals surface area contributed by atoms with Crippen LogP contribution in [0.15, 0.2) is 36.5 Å². The lowest BCUT2D eigenvalue weighted by molar-refractivity contribution is 0.239. The summed E-state index contributed by atoms with van der Waals surface area (Å²) in [6, 6.07) is 11.7. The molecule has 3 rings (SSSR count). The second kappa shape index (κ2) is 4.52. The molecular formula is C15H15N3O. The molecule has 1 unspecified atom stereocenters. The van der Waals surface area contributed by atoms with Crippen LogP contribution < -0.4 is 10.5 Å². The van der Waals surface area contributed by atoms with E-state index in [1.165, 1.54) is 0 Å². The predicted octanol–water partition coefficient (Wildman–Crippen LogP) is 2.24. The first-order valence-corrected chi connectivity index (χ1v) is 6.39. The minimum Gasteiger partial charge on any atom is -0.490 e. The van der Waals surface area contributed by atoms with Gasteiger partial charge >= 0.3 is 0 Å². The third-order valence-electron chi connectivity index (χ3n) is 3.59. The van der Waals surface area contributed by atoms with Gasteiger partial charge in [0.2, 0.25) is 0 Å². The molecule has 1 saturated carbocycles. The largest absolute Gasteiger partial charge is 0.490 e. The standard InChI is InChI=1S/C15H15N3O/c16-9-15(17,11-6-7-11)10-19-14-5-1-4-13-12(14)3-2-8-18-13/h1-5,8,11H,6-7,10,17H2. The molecule has 4 nitrogen and oxygen atoms in total. The van der Waals surface area contributed by atoms with Gasteiger partial charge < -0.3 is 10.5 Å². The highest BCUT2D eigenvalue weighted by Crippen LogP contribution is 2.38. The molecule has 2 N–H and O–H groups in total. The number of aromatic nitrogens is 1. The third kappa shape index (κ3) is 2.25. The molecule has 1 aliphatic carbocycles. The molecule has 2 aromatic rings. The van der Waals surface area contributed by atoms with E-state index < -0.39 is 5.54 Å². The summed E-state index contributed by atoms with van der Waals surface area (Å²) in [6.07, 6.45) is 3.79.